The van der Waals surface area contributed by atoms with Gasteiger partial charge in [-0.2, -0.15) is 0 Å². The Morgan fingerprint density at radius 2 is 1.80 bits per heavy atom. The predicted octanol–water partition coefficient (Wildman–Crippen LogP) is 0.303. The molecular weight excluding hydrogens is 200 g/mol. The van der Waals surface area contributed by atoms with Crippen LogP contribution in [0.15, 0.2) is 12.7 Å². The lowest BCUT2D eigenvalue weighted by Gasteiger charge is -2.30. The van der Waals surface area contributed by atoms with Crippen molar-refractivity contribution in [2.45, 2.75) is 18.7 Å². The van der Waals surface area contributed by atoms with E-state index in [4.69, 9.17) is 23.7 Å². The third-order valence-electron chi connectivity index (χ3n) is 2.10. The van der Waals surface area contributed by atoms with Gasteiger partial charge in [-0.15, -0.1) is 6.58 Å². The van der Waals surface area contributed by atoms with Gasteiger partial charge in [0.1, 0.15) is 6.10 Å². The van der Waals surface area contributed by atoms with Gasteiger partial charge in [0.15, 0.2) is 0 Å². The molecule has 0 bridgehead atoms. The van der Waals surface area contributed by atoms with Crippen LogP contribution >= 0.6 is 0 Å². The van der Waals surface area contributed by atoms with Crippen molar-refractivity contribution in [3.05, 3.63) is 12.7 Å². The second kappa shape index (κ2) is 5.58. The van der Waals surface area contributed by atoms with Crippen molar-refractivity contribution in [3.63, 3.8) is 0 Å². The van der Waals surface area contributed by atoms with Gasteiger partial charge in [-0.05, 0) is 0 Å². The van der Waals surface area contributed by atoms with E-state index >= 15 is 0 Å². The van der Waals surface area contributed by atoms with Crippen molar-refractivity contribution in [1.29, 1.82) is 0 Å². The lowest BCUT2D eigenvalue weighted by Crippen LogP contribution is -2.42. The fraction of sp³-hybridized carbons (Fsp3) is 0.800. The fourth-order valence-electron chi connectivity index (χ4n) is 1.27. The standard InChI is InChI=1S/C10H16O5/c1-2-3-11-9-10(13-5-4-12-9)15-7-8-6-14-8/h2,8-10H,1,3-7H2. The molecule has 2 fully saturated rings. The molecule has 0 amide bonds. The van der Waals surface area contributed by atoms with E-state index in [1.165, 1.54) is 0 Å². The van der Waals surface area contributed by atoms with Crippen molar-refractivity contribution >= 4 is 0 Å². The second-order valence-corrected chi connectivity index (χ2v) is 3.39. The van der Waals surface area contributed by atoms with Crippen molar-refractivity contribution in [1.82, 2.24) is 0 Å². The maximum absolute atomic E-state index is 5.49. The maximum atomic E-state index is 5.49. The summed E-state index contributed by atoms with van der Waals surface area (Å²) in [5, 5.41) is 0. The number of rotatable bonds is 6. The summed E-state index contributed by atoms with van der Waals surface area (Å²) < 4.78 is 26.7. The van der Waals surface area contributed by atoms with Gasteiger partial charge in [0.05, 0.1) is 33.0 Å². The highest BCUT2D eigenvalue weighted by atomic mass is 16.8. The highest BCUT2D eigenvalue weighted by Gasteiger charge is 2.31. The minimum Gasteiger partial charge on any atom is -0.371 e. The smallest absolute Gasteiger partial charge is 0.209 e. The molecule has 0 N–H and O–H groups in total. The zero-order valence-electron chi connectivity index (χ0n) is 8.59. The first-order valence-electron chi connectivity index (χ1n) is 5.09. The summed E-state index contributed by atoms with van der Waals surface area (Å²) in [6, 6.07) is 0. The molecule has 2 rings (SSSR count). The molecule has 2 saturated heterocycles. The molecule has 3 unspecified atom stereocenters. The quantitative estimate of drug-likeness (QED) is 0.472. The molecule has 0 spiro atoms. The molecule has 2 aliphatic rings. The van der Waals surface area contributed by atoms with Gasteiger partial charge in [-0.1, -0.05) is 6.08 Å². The van der Waals surface area contributed by atoms with Gasteiger partial charge >= 0.3 is 0 Å². The van der Waals surface area contributed by atoms with Crippen LogP contribution < -0.4 is 0 Å². The minimum absolute atomic E-state index is 0.218. The van der Waals surface area contributed by atoms with Crippen LogP contribution in [-0.2, 0) is 23.7 Å². The van der Waals surface area contributed by atoms with Crippen molar-refractivity contribution < 1.29 is 23.7 Å². The van der Waals surface area contributed by atoms with E-state index in [0.29, 0.717) is 26.4 Å². The molecule has 86 valence electrons. The summed E-state index contributed by atoms with van der Waals surface area (Å²) in [6.45, 7) is 6.36. The summed E-state index contributed by atoms with van der Waals surface area (Å²) >= 11 is 0. The van der Waals surface area contributed by atoms with Crippen LogP contribution in [-0.4, -0.2) is 51.7 Å². The Morgan fingerprint density at radius 3 is 2.40 bits per heavy atom. The van der Waals surface area contributed by atoms with Gasteiger partial charge < -0.3 is 23.7 Å². The Balaban J connectivity index is 1.72. The topological polar surface area (TPSA) is 49.5 Å². The van der Waals surface area contributed by atoms with E-state index < -0.39 is 12.6 Å². The van der Waals surface area contributed by atoms with Crippen LogP contribution in [0.3, 0.4) is 0 Å². The third kappa shape index (κ3) is 3.55. The van der Waals surface area contributed by atoms with Crippen LogP contribution in [0.25, 0.3) is 0 Å². The zero-order chi connectivity index (χ0) is 10.5. The van der Waals surface area contributed by atoms with Gasteiger partial charge in [-0.3, -0.25) is 0 Å². The molecule has 0 saturated carbocycles. The van der Waals surface area contributed by atoms with E-state index in [0.717, 1.165) is 6.61 Å². The number of ether oxygens (including phenoxy) is 5. The summed E-state index contributed by atoms with van der Waals surface area (Å²) in [6.07, 6.45) is 0.966. The average Bonchev–Trinajstić information content (AvgIpc) is 3.08. The monoisotopic (exact) mass is 216 g/mol. The summed E-state index contributed by atoms with van der Waals surface area (Å²) in [7, 11) is 0. The fourth-order valence-corrected chi connectivity index (χ4v) is 1.27. The highest BCUT2D eigenvalue weighted by molar-refractivity contribution is 4.70. The predicted molar refractivity (Wildman–Crippen MR) is 51.3 cm³/mol. The molecule has 5 nitrogen and oxygen atoms in total. The Labute approximate surface area is 88.9 Å². The summed E-state index contributed by atoms with van der Waals surface area (Å²) in [4.78, 5) is 0. The first-order valence-corrected chi connectivity index (χ1v) is 5.09. The van der Waals surface area contributed by atoms with Crippen LogP contribution in [0.4, 0.5) is 0 Å². The second-order valence-electron chi connectivity index (χ2n) is 3.39. The van der Waals surface area contributed by atoms with E-state index in [2.05, 4.69) is 6.58 Å². The molecule has 3 atom stereocenters. The Hall–Kier alpha value is -0.460. The lowest BCUT2D eigenvalue weighted by atomic mass is 10.5. The Morgan fingerprint density at radius 1 is 1.13 bits per heavy atom. The lowest BCUT2D eigenvalue weighted by molar-refractivity contribution is -0.318. The molecule has 2 heterocycles. The van der Waals surface area contributed by atoms with E-state index in [1.54, 1.807) is 6.08 Å². The normalized spacial score (nSPS) is 35.1. The molecule has 0 aromatic rings. The number of hydrogen-bond donors (Lipinski definition) is 0. The first-order chi connectivity index (χ1) is 7.40. The Kier molecular flexibility index (Phi) is 4.10. The van der Waals surface area contributed by atoms with Crippen LogP contribution in [0, 0.1) is 0 Å². The molecule has 0 aromatic heterocycles. The van der Waals surface area contributed by atoms with Gasteiger partial charge in [-0.25, -0.2) is 0 Å². The first kappa shape index (κ1) is 11.0. The molecule has 0 aliphatic carbocycles. The summed E-state index contributed by atoms with van der Waals surface area (Å²) in [5.41, 5.74) is 0. The van der Waals surface area contributed by atoms with Crippen LogP contribution in [0.5, 0.6) is 0 Å². The van der Waals surface area contributed by atoms with Crippen LogP contribution in [0.2, 0.25) is 0 Å². The summed E-state index contributed by atoms with van der Waals surface area (Å²) in [5.74, 6) is 0. The SMILES string of the molecule is C=CCOC1OCCOC1OCC1CO1. The van der Waals surface area contributed by atoms with Gasteiger partial charge in [0, 0.05) is 0 Å². The largest absolute Gasteiger partial charge is 0.371 e. The van der Waals surface area contributed by atoms with E-state index in [-0.39, 0.29) is 6.10 Å². The molecule has 2 aliphatic heterocycles. The molecule has 0 aromatic carbocycles. The van der Waals surface area contributed by atoms with Gasteiger partial charge in [0.25, 0.3) is 0 Å². The van der Waals surface area contributed by atoms with E-state index in [9.17, 15) is 0 Å². The zero-order valence-corrected chi connectivity index (χ0v) is 8.59. The highest BCUT2D eigenvalue weighted by Crippen LogP contribution is 2.16. The molecule has 0 radical (unpaired) electrons. The van der Waals surface area contributed by atoms with Gasteiger partial charge in [0.2, 0.25) is 12.6 Å². The van der Waals surface area contributed by atoms with Crippen LogP contribution in [0.1, 0.15) is 0 Å². The van der Waals surface area contributed by atoms with Crippen molar-refractivity contribution in [3.8, 4) is 0 Å². The van der Waals surface area contributed by atoms with Crippen molar-refractivity contribution in [2.24, 2.45) is 0 Å². The molecule has 15 heavy (non-hydrogen) atoms. The Bertz CT molecular complexity index is 204. The number of hydrogen-bond acceptors (Lipinski definition) is 5. The van der Waals surface area contributed by atoms with Crippen molar-refractivity contribution in [2.75, 3.05) is 33.0 Å². The maximum Gasteiger partial charge on any atom is 0.209 e. The molecule has 5 heteroatoms. The number of epoxide rings is 1. The third-order valence-corrected chi connectivity index (χ3v) is 2.10. The minimum atomic E-state index is -0.463. The molecular formula is C10H16O5. The average molecular weight is 216 g/mol. The van der Waals surface area contributed by atoms with E-state index in [1.807, 2.05) is 0 Å².